The number of rotatable bonds is 8. The molecule has 3 nitrogen and oxygen atoms in total. The van der Waals surface area contributed by atoms with E-state index in [-0.39, 0.29) is 12.5 Å². The van der Waals surface area contributed by atoms with Crippen molar-refractivity contribution in [3.8, 4) is 5.75 Å². The number of likely N-dealkylation sites (N-methyl/N-ethyl adjacent to an activating group) is 1. The number of carbonyl (C=O) groups excluding carboxylic acids is 1. The van der Waals surface area contributed by atoms with Gasteiger partial charge in [-0.2, -0.15) is 0 Å². The Morgan fingerprint density at radius 2 is 2.05 bits per heavy atom. The van der Waals surface area contributed by atoms with Gasteiger partial charge in [-0.15, -0.1) is 0 Å². The zero-order valence-electron chi connectivity index (χ0n) is 12.3. The maximum Gasteiger partial charge on any atom is 0.260 e. The van der Waals surface area contributed by atoms with Crippen LogP contribution in [0.2, 0.25) is 0 Å². The van der Waals surface area contributed by atoms with E-state index in [9.17, 15) is 4.79 Å². The van der Waals surface area contributed by atoms with Crippen LogP contribution in [-0.4, -0.2) is 30.5 Å². The fourth-order valence-electron chi connectivity index (χ4n) is 1.90. The Labute approximate surface area is 116 Å². The summed E-state index contributed by atoms with van der Waals surface area (Å²) >= 11 is 0. The number of unbranched alkanes of at least 4 members (excludes halogenated alkanes) is 1. The van der Waals surface area contributed by atoms with Gasteiger partial charge in [0.25, 0.3) is 5.91 Å². The summed E-state index contributed by atoms with van der Waals surface area (Å²) in [7, 11) is 0. The monoisotopic (exact) mass is 263 g/mol. The molecule has 1 aromatic rings. The van der Waals surface area contributed by atoms with Crippen molar-refractivity contribution in [2.75, 3.05) is 19.7 Å². The molecule has 1 amide bonds. The second-order valence-electron chi connectivity index (χ2n) is 4.62. The van der Waals surface area contributed by atoms with Gasteiger partial charge in [0.1, 0.15) is 5.75 Å². The third-order valence-electron chi connectivity index (χ3n) is 3.19. The van der Waals surface area contributed by atoms with Gasteiger partial charge in [-0.05, 0) is 37.5 Å². The number of carbonyl (C=O) groups is 1. The number of amides is 1. The Balaban J connectivity index is 2.47. The van der Waals surface area contributed by atoms with Crippen LogP contribution in [0, 0.1) is 0 Å². The van der Waals surface area contributed by atoms with E-state index in [1.54, 1.807) is 0 Å². The van der Waals surface area contributed by atoms with Crippen LogP contribution in [0.5, 0.6) is 5.75 Å². The first-order chi connectivity index (χ1) is 9.21. The fourth-order valence-corrected chi connectivity index (χ4v) is 1.90. The predicted molar refractivity (Wildman–Crippen MR) is 78.5 cm³/mol. The molecule has 106 valence electrons. The van der Waals surface area contributed by atoms with Gasteiger partial charge in [0.2, 0.25) is 0 Å². The summed E-state index contributed by atoms with van der Waals surface area (Å²) in [6.45, 7) is 7.94. The van der Waals surface area contributed by atoms with Crippen molar-refractivity contribution < 1.29 is 9.53 Å². The molecule has 0 N–H and O–H groups in total. The number of nitrogens with zero attached hydrogens (tertiary/aromatic N) is 1. The topological polar surface area (TPSA) is 29.5 Å². The van der Waals surface area contributed by atoms with Crippen molar-refractivity contribution in [3.05, 3.63) is 29.8 Å². The highest BCUT2D eigenvalue weighted by molar-refractivity contribution is 5.77. The minimum atomic E-state index is 0.0675. The molecular weight excluding hydrogens is 238 g/mol. The molecule has 0 aliphatic rings. The van der Waals surface area contributed by atoms with Gasteiger partial charge in [0, 0.05) is 13.1 Å². The summed E-state index contributed by atoms with van der Waals surface area (Å²) in [5.41, 5.74) is 1.23. The maximum atomic E-state index is 12.0. The van der Waals surface area contributed by atoms with E-state index in [1.165, 1.54) is 5.56 Å². The molecule has 19 heavy (non-hydrogen) atoms. The molecule has 0 radical (unpaired) electrons. The largest absolute Gasteiger partial charge is 0.484 e. The molecule has 0 aromatic heterocycles. The zero-order valence-corrected chi connectivity index (χ0v) is 12.3. The van der Waals surface area contributed by atoms with E-state index in [1.807, 2.05) is 30.0 Å². The lowest BCUT2D eigenvalue weighted by molar-refractivity contribution is -0.133. The van der Waals surface area contributed by atoms with Crippen LogP contribution in [0.15, 0.2) is 24.3 Å². The molecule has 0 heterocycles. The number of aryl methyl sites for hydroxylation is 1. The van der Waals surface area contributed by atoms with Gasteiger partial charge in [0.15, 0.2) is 6.61 Å². The number of hydrogen-bond acceptors (Lipinski definition) is 2. The number of hydrogen-bond donors (Lipinski definition) is 0. The Kier molecular flexibility index (Phi) is 7.01. The van der Waals surface area contributed by atoms with E-state index in [4.69, 9.17) is 4.74 Å². The summed E-state index contributed by atoms with van der Waals surface area (Å²) in [5, 5.41) is 0. The number of benzene rings is 1. The van der Waals surface area contributed by atoms with Crippen molar-refractivity contribution in [1.29, 1.82) is 0 Å². The molecule has 1 aromatic carbocycles. The lowest BCUT2D eigenvalue weighted by Gasteiger charge is -2.20. The molecule has 0 aliphatic carbocycles. The van der Waals surface area contributed by atoms with Crippen molar-refractivity contribution in [2.24, 2.45) is 0 Å². The summed E-state index contributed by atoms with van der Waals surface area (Å²) in [4.78, 5) is 13.9. The van der Waals surface area contributed by atoms with Gasteiger partial charge >= 0.3 is 0 Å². The fraction of sp³-hybridized carbons (Fsp3) is 0.562. The molecular formula is C16H25NO2. The molecule has 0 aliphatic heterocycles. The molecule has 0 saturated carbocycles. The van der Waals surface area contributed by atoms with Crippen LogP contribution < -0.4 is 4.74 Å². The summed E-state index contributed by atoms with van der Waals surface area (Å²) in [6, 6.07) is 7.92. The van der Waals surface area contributed by atoms with Crippen LogP contribution in [0.4, 0.5) is 0 Å². The zero-order chi connectivity index (χ0) is 14.1. The predicted octanol–water partition coefficient (Wildman–Crippen LogP) is 3.28. The van der Waals surface area contributed by atoms with Gasteiger partial charge in [-0.1, -0.05) is 32.4 Å². The lowest BCUT2D eigenvalue weighted by atomic mass is 10.2. The van der Waals surface area contributed by atoms with E-state index in [0.29, 0.717) is 0 Å². The van der Waals surface area contributed by atoms with E-state index < -0.39 is 0 Å². The van der Waals surface area contributed by atoms with Crippen LogP contribution >= 0.6 is 0 Å². The van der Waals surface area contributed by atoms with Crippen LogP contribution in [0.1, 0.15) is 39.2 Å². The van der Waals surface area contributed by atoms with Crippen molar-refractivity contribution in [3.63, 3.8) is 0 Å². The van der Waals surface area contributed by atoms with Crippen molar-refractivity contribution >= 4 is 5.91 Å². The number of ether oxygens (including phenoxy) is 1. The molecule has 3 heteroatoms. The Hall–Kier alpha value is -1.51. The first kappa shape index (κ1) is 15.5. The van der Waals surface area contributed by atoms with Gasteiger partial charge in [-0.3, -0.25) is 4.79 Å². The molecule has 0 saturated heterocycles. The van der Waals surface area contributed by atoms with Gasteiger partial charge in [0.05, 0.1) is 0 Å². The molecule has 1 rings (SSSR count). The van der Waals surface area contributed by atoms with Crippen molar-refractivity contribution in [1.82, 2.24) is 4.90 Å². The van der Waals surface area contributed by atoms with E-state index >= 15 is 0 Å². The van der Waals surface area contributed by atoms with Gasteiger partial charge < -0.3 is 9.64 Å². The standard InChI is InChI=1S/C16H25NO2/c1-4-7-11-17(6-3)16(18)13-19-15-10-8-9-14(5-2)12-15/h8-10,12H,4-7,11,13H2,1-3H3. The normalized spacial score (nSPS) is 10.3. The summed E-state index contributed by atoms with van der Waals surface area (Å²) in [6.07, 6.45) is 3.12. The molecule has 0 atom stereocenters. The average molecular weight is 263 g/mol. The smallest absolute Gasteiger partial charge is 0.260 e. The highest BCUT2D eigenvalue weighted by Crippen LogP contribution is 2.13. The first-order valence-corrected chi connectivity index (χ1v) is 7.20. The second kappa shape index (κ2) is 8.57. The third kappa shape index (κ3) is 5.33. The maximum absolute atomic E-state index is 12.0. The highest BCUT2D eigenvalue weighted by atomic mass is 16.5. The quantitative estimate of drug-likeness (QED) is 0.720. The second-order valence-corrected chi connectivity index (χ2v) is 4.62. The van der Waals surface area contributed by atoms with Crippen LogP contribution in [0.25, 0.3) is 0 Å². The highest BCUT2D eigenvalue weighted by Gasteiger charge is 2.11. The molecule has 0 unspecified atom stereocenters. The third-order valence-corrected chi connectivity index (χ3v) is 3.19. The van der Waals surface area contributed by atoms with Crippen LogP contribution in [-0.2, 0) is 11.2 Å². The van der Waals surface area contributed by atoms with Crippen molar-refractivity contribution in [2.45, 2.75) is 40.0 Å². The summed E-state index contributed by atoms with van der Waals surface area (Å²) < 4.78 is 5.58. The average Bonchev–Trinajstić information content (AvgIpc) is 2.46. The van der Waals surface area contributed by atoms with Gasteiger partial charge in [-0.25, -0.2) is 0 Å². The van der Waals surface area contributed by atoms with E-state index in [0.717, 1.165) is 38.1 Å². The molecule has 0 bridgehead atoms. The minimum absolute atomic E-state index is 0.0675. The minimum Gasteiger partial charge on any atom is -0.484 e. The molecule has 0 fully saturated rings. The van der Waals surface area contributed by atoms with Crippen LogP contribution in [0.3, 0.4) is 0 Å². The van der Waals surface area contributed by atoms with E-state index in [2.05, 4.69) is 19.9 Å². The molecule has 0 spiro atoms. The lowest BCUT2D eigenvalue weighted by Crippen LogP contribution is -2.35. The first-order valence-electron chi connectivity index (χ1n) is 7.20. The Morgan fingerprint density at radius 1 is 1.26 bits per heavy atom. The Morgan fingerprint density at radius 3 is 2.68 bits per heavy atom. The Bertz CT molecular complexity index is 390. The SMILES string of the molecule is CCCCN(CC)C(=O)COc1cccc(CC)c1. The summed E-state index contributed by atoms with van der Waals surface area (Å²) in [5.74, 6) is 0.845.